The van der Waals surface area contributed by atoms with Crippen LogP contribution in [-0.4, -0.2) is 42.7 Å². The summed E-state index contributed by atoms with van der Waals surface area (Å²) in [4.78, 5) is 0. The second kappa shape index (κ2) is 30.0. The molecule has 0 N–H and O–H groups in total. The molecule has 78 heavy (non-hydrogen) atoms. The second-order valence-electron chi connectivity index (χ2n) is 20.7. The zero-order valence-electron chi connectivity index (χ0n) is 48.2. The van der Waals surface area contributed by atoms with Crippen molar-refractivity contribution in [2.75, 3.05) is 42.7 Å². The molecule has 0 bridgehead atoms. The minimum atomic E-state index is -0.410. The number of benzene rings is 7. The molecule has 0 unspecified atom stereocenters. The standard InChI is InChI=1S/C69H84O9/c1-46(70-7)58-28-55(29-59(37-58)47(2)71-8)34-67(76-43-52-22-16-13-17-23-52)64-40-65(68(77-44-53-24-18-14-19-25-53)35-56-30-60(48(3)72-9)38-61(31-56)49(4)73-10)42-66(41-64)69(78-45-54-26-20-15-21-27-54)36-57-32-62(50(5)74-11)39-63(33-57)51(6)75-12/h13-33,37-42,46-51,67-69H,34-36,43-45H2,1-12H3/t46-,47-,48-,49-,50-,51-,67+,68+,69+/m1/s1. The molecule has 0 aliphatic carbocycles. The first-order chi connectivity index (χ1) is 37.8. The fourth-order valence-corrected chi connectivity index (χ4v) is 9.85. The fraction of sp³-hybridized carbons (Fsp3) is 0.391. The molecular weight excluding hydrogens is 973 g/mol. The van der Waals surface area contributed by atoms with Crippen molar-refractivity contribution in [2.45, 2.75) is 136 Å². The minimum absolute atomic E-state index is 0.132. The smallest absolute Gasteiger partial charge is 0.0870 e. The quantitative estimate of drug-likeness (QED) is 0.0437. The minimum Gasteiger partial charge on any atom is -0.377 e. The maximum absolute atomic E-state index is 7.25. The largest absolute Gasteiger partial charge is 0.377 e. The Morgan fingerprint density at radius 1 is 0.244 bits per heavy atom. The van der Waals surface area contributed by atoms with Gasteiger partial charge in [-0.2, -0.15) is 0 Å². The summed E-state index contributed by atoms with van der Waals surface area (Å²) in [5.41, 5.74) is 16.1. The highest BCUT2D eigenvalue weighted by molar-refractivity contribution is 5.41. The van der Waals surface area contributed by atoms with Crippen molar-refractivity contribution in [3.05, 3.63) is 247 Å². The summed E-state index contributed by atoms with van der Waals surface area (Å²) < 4.78 is 57.3. The van der Waals surface area contributed by atoms with Crippen LogP contribution in [0.2, 0.25) is 0 Å². The first-order valence-corrected chi connectivity index (χ1v) is 27.5. The monoisotopic (exact) mass is 1060 g/mol. The third kappa shape index (κ3) is 16.9. The van der Waals surface area contributed by atoms with Crippen molar-refractivity contribution in [2.24, 2.45) is 0 Å². The van der Waals surface area contributed by atoms with Gasteiger partial charge >= 0.3 is 0 Å². The maximum Gasteiger partial charge on any atom is 0.0870 e. The second-order valence-corrected chi connectivity index (χ2v) is 20.7. The van der Waals surface area contributed by atoms with Gasteiger partial charge in [-0.3, -0.25) is 0 Å². The Morgan fingerprint density at radius 2 is 0.436 bits per heavy atom. The molecule has 0 heterocycles. The van der Waals surface area contributed by atoms with Crippen molar-refractivity contribution >= 4 is 0 Å². The molecule has 0 fully saturated rings. The molecule has 0 aromatic heterocycles. The maximum atomic E-state index is 7.25. The first kappa shape index (κ1) is 59.8. The zero-order valence-corrected chi connectivity index (χ0v) is 48.2. The summed E-state index contributed by atoms with van der Waals surface area (Å²) in [6, 6.07) is 58.2. The van der Waals surface area contributed by atoms with Gasteiger partial charge in [-0.25, -0.2) is 0 Å². The van der Waals surface area contributed by atoms with Crippen molar-refractivity contribution < 1.29 is 42.6 Å². The molecule has 0 spiro atoms. The van der Waals surface area contributed by atoms with E-state index in [1.165, 1.54) is 0 Å². The van der Waals surface area contributed by atoms with Crippen LogP contribution in [0.5, 0.6) is 0 Å². The number of methoxy groups -OCH3 is 6. The number of ether oxygens (including phenoxy) is 9. The van der Waals surface area contributed by atoms with E-state index < -0.39 is 18.3 Å². The Hall–Kier alpha value is -5.82. The summed E-state index contributed by atoms with van der Waals surface area (Å²) in [5, 5.41) is 0. The van der Waals surface area contributed by atoms with E-state index in [1.807, 2.05) is 18.2 Å². The molecule has 0 saturated carbocycles. The molecule has 7 aromatic rings. The lowest BCUT2D eigenvalue weighted by molar-refractivity contribution is 0.0310. The topological polar surface area (TPSA) is 83.1 Å². The Labute approximate surface area is 466 Å². The summed E-state index contributed by atoms with van der Waals surface area (Å²) in [5.74, 6) is 0. The predicted octanol–water partition coefficient (Wildman–Crippen LogP) is 16.4. The van der Waals surface area contributed by atoms with Crippen LogP contribution < -0.4 is 0 Å². The van der Waals surface area contributed by atoms with Crippen LogP contribution in [0.1, 0.15) is 180 Å². The molecule has 0 aliphatic rings. The van der Waals surface area contributed by atoms with Gasteiger partial charge in [0.05, 0.1) is 74.8 Å². The zero-order chi connectivity index (χ0) is 55.6. The molecule has 9 heteroatoms. The Morgan fingerprint density at radius 3 is 0.628 bits per heavy atom. The van der Waals surface area contributed by atoms with Crippen molar-refractivity contribution in [1.29, 1.82) is 0 Å². The van der Waals surface area contributed by atoms with Crippen LogP contribution in [-0.2, 0) is 81.7 Å². The molecule has 0 amide bonds. The summed E-state index contributed by atoms with van der Waals surface area (Å²) in [7, 11) is 10.5. The van der Waals surface area contributed by atoms with Gasteiger partial charge in [0.1, 0.15) is 0 Å². The van der Waals surface area contributed by atoms with E-state index in [4.69, 9.17) is 42.6 Å². The molecule has 9 atom stereocenters. The number of hydrogen-bond acceptors (Lipinski definition) is 9. The molecule has 9 nitrogen and oxygen atoms in total. The lowest BCUT2D eigenvalue weighted by Gasteiger charge is -2.28. The summed E-state index contributed by atoms with van der Waals surface area (Å²) >= 11 is 0. The van der Waals surface area contributed by atoms with Crippen LogP contribution in [0.3, 0.4) is 0 Å². The van der Waals surface area contributed by atoms with Gasteiger partial charge in [-0.15, -0.1) is 0 Å². The molecule has 0 radical (unpaired) electrons. The Bertz CT molecular complexity index is 2480. The van der Waals surface area contributed by atoms with Gasteiger partial charge in [0, 0.05) is 61.9 Å². The van der Waals surface area contributed by atoms with Crippen LogP contribution in [0.15, 0.2) is 164 Å². The van der Waals surface area contributed by atoms with E-state index in [1.54, 1.807) is 42.7 Å². The van der Waals surface area contributed by atoms with Crippen molar-refractivity contribution in [1.82, 2.24) is 0 Å². The lowest BCUT2D eigenvalue weighted by atomic mass is 9.88. The highest BCUT2D eigenvalue weighted by Crippen LogP contribution is 2.38. The van der Waals surface area contributed by atoms with E-state index >= 15 is 0 Å². The molecule has 7 aromatic carbocycles. The molecule has 0 saturated heterocycles. The predicted molar refractivity (Wildman–Crippen MR) is 311 cm³/mol. The van der Waals surface area contributed by atoms with Crippen LogP contribution in [0.4, 0.5) is 0 Å². The van der Waals surface area contributed by atoms with E-state index in [2.05, 4.69) is 187 Å². The van der Waals surface area contributed by atoms with E-state index in [0.29, 0.717) is 39.1 Å². The van der Waals surface area contributed by atoms with Gasteiger partial charge in [0.25, 0.3) is 0 Å². The number of rotatable bonds is 30. The number of hydrogen-bond donors (Lipinski definition) is 0. The Kier molecular flexibility index (Phi) is 23.0. The van der Waals surface area contributed by atoms with Crippen molar-refractivity contribution in [3.8, 4) is 0 Å². The van der Waals surface area contributed by atoms with Gasteiger partial charge in [0.15, 0.2) is 0 Å². The van der Waals surface area contributed by atoms with Gasteiger partial charge in [-0.1, -0.05) is 164 Å². The highest BCUT2D eigenvalue weighted by Gasteiger charge is 2.26. The van der Waals surface area contributed by atoms with Crippen LogP contribution in [0.25, 0.3) is 0 Å². The molecular formula is C69H84O9. The lowest BCUT2D eigenvalue weighted by Crippen LogP contribution is -2.16. The molecule has 0 aliphatic heterocycles. The third-order valence-electron chi connectivity index (χ3n) is 15.3. The van der Waals surface area contributed by atoms with Gasteiger partial charge < -0.3 is 42.6 Å². The average molecular weight is 1060 g/mol. The van der Waals surface area contributed by atoms with Crippen LogP contribution in [0, 0.1) is 0 Å². The van der Waals surface area contributed by atoms with E-state index in [0.717, 1.165) is 83.5 Å². The fourth-order valence-electron chi connectivity index (χ4n) is 9.85. The van der Waals surface area contributed by atoms with Crippen LogP contribution >= 0.6 is 0 Å². The van der Waals surface area contributed by atoms with E-state index in [9.17, 15) is 0 Å². The average Bonchev–Trinajstić information content (AvgIpc) is 3.50. The van der Waals surface area contributed by atoms with Crippen molar-refractivity contribution in [3.63, 3.8) is 0 Å². The Balaban J connectivity index is 1.47. The normalized spacial score (nSPS) is 15.2. The first-order valence-electron chi connectivity index (χ1n) is 27.5. The summed E-state index contributed by atoms with van der Waals surface area (Å²) in [6.07, 6.45) is -0.319. The molecule has 414 valence electrons. The third-order valence-corrected chi connectivity index (χ3v) is 15.3. The SMILES string of the molecule is CO[C@H](C)c1cc(C[C@H](OCc2ccccc2)c2cc([C@H](Cc3cc([C@@H](C)OC)cc([C@@H](C)OC)c3)OCc3ccccc3)cc([C@H](Cc3cc([C@@H](C)OC)cc([C@@H](C)OC)c3)OCc3ccccc3)c2)cc([C@@H](C)OC)c1. The summed E-state index contributed by atoms with van der Waals surface area (Å²) in [6.45, 7) is 13.7. The highest BCUT2D eigenvalue weighted by atomic mass is 16.5. The van der Waals surface area contributed by atoms with E-state index in [-0.39, 0.29) is 36.6 Å². The molecule has 7 rings (SSSR count). The van der Waals surface area contributed by atoms with Gasteiger partial charge in [0.2, 0.25) is 0 Å². The van der Waals surface area contributed by atoms with Gasteiger partial charge in [-0.05, 0) is 125 Å².